The van der Waals surface area contributed by atoms with Crippen LogP contribution in [-0.2, 0) is 12.8 Å². The maximum atomic E-state index is 13.3. The van der Waals surface area contributed by atoms with Gasteiger partial charge in [0.1, 0.15) is 5.82 Å². The van der Waals surface area contributed by atoms with Gasteiger partial charge in [-0.15, -0.1) is 0 Å². The van der Waals surface area contributed by atoms with Crippen LogP contribution in [0.1, 0.15) is 29.7 Å². The van der Waals surface area contributed by atoms with Crippen molar-refractivity contribution < 1.29 is 9.50 Å². The summed E-state index contributed by atoms with van der Waals surface area (Å²) in [4.78, 5) is 1.93. The molecule has 1 heterocycles. The summed E-state index contributed by atoms with van der Waals surface area (Å²) in [7, 11) is 0. The zero-order valence-electron chi connectivity index (χ0n) is 10.7. The van der Waals surface area contributed by atoms with E-state index in [0.29, 0.717) is 6.42 Å². The van der Waals surface area contributed by atoms with Gasteiger partial charge in [-0.3, -0.25) is 0 Å². The standard InChI is InChI=1S/C16H15FOS/c1-2-10-3-6-15-13(7-10)14(18)8-11-4-5-12(17)9-16(11)19-15/h3-7,9,14,18H,2,8H2,1H3. The number of rotatable bonds is 1. The highest BCUT2D eigenvalue weighted by molar-refractivity contribution is 7.99. The number of aryl methyl sites for hydroxylation is 1. The molecule has 2 aromatic rings. The van der Waals surface area contributed by atoms with Crippen LogP contribution in [0.25, 0.3) is 0 Å². The molecule has 1 unspecified atom stereocenters. The lowest BCUT2D eigenvalue weighted by Crippen LogP contribution is -2.02. The number of hydrogen-bond acceptors (Lipinski definition) is 2. The van der Waals surface area contributed by atoms with Crippen LogP contribution in [0.4, 0.5) is 4.39 Å². The molecule has 0 saturated heterocycles. The minimum atomic E-state index is -0.513. The second-order valence-electron chi connectivity index (χ2n) is 4.80. The summed E-state index contributed by atoms with van der Waals surface area (Å²) >= 11 is 1.54. The van der Waals surface area contributed by atoms with Crippen LogP contribution < -0.4 is 0 Å². The smallest absolute Gasteiger partial charge is 0.124 e. The van der Waals surface area contributed by atoms with Gasteiger partial charge in [0.25, 0.3) is 0 Å². The van der Waals surface area contributed by atoms with Gasteiger partial charge in [0.05, 0.1) is 6.10 Å². The molecule has 3 heteroatoms. The topological polar surface area (TPSA) is 20.2 Å². The lowest BCUT2D eigenvalue weighted by molar-refractivity contribution is 0.175. The van der Waals surface area contributed by atoms with E-state index < -0.39 is 6.10 Å². The molecule has 0 spiro atoms. The summed E-state index contributed by atoms with van der Waals surface area (Å²) < 4.78 is 13.3. The Morgan fingerprint density at radius 3 is 2.84 bits per heavy atom. The van der Waals surface area contributed by atoms with Crippen molar-refractivity contribution in [2.24, 2.45) is 0 Å². The normalized spacial score (nSPS) is 17.5. The average Bonchev–Trinajstić information content (AvgIpc) is 2.54. The second-order valence-corrected chi connectivity index (χ2v) is 5.88. The predicted octanol–water partition coefficient (Wildman–Crippen LogP) is 4.13. The molecule has 0 aromatic heterocycles. The molecular weight excluding hydrogens is 259 g/mol. The number of benzene rings is 2. The maximum Gasteiger partial charge on any atom is 0.124 e. The molecule has 1 nitrogen and oxygen atoms in total. The first kappa shape index (κ1) is 12.7. The molecule has 2 aromatic carbocycles. The Hall–Kier alpha value is -1.32. The second kappa shape index (κ2) is 4.99. The van der Waals surface area contributed by atoms with Gasteiger partial charge in [-0.1, -0.05) is 36.9 Å². The van der Waals surface area contributed by atoms with E-state index in [4.69, 9.17) is 0 Å². The zero-order valence-corrected chi connectivity index (χ0v) is 11.5. The molecule has 0 radical (unpaired) electrons. The number of fused-ring (bicyclic) bond motifs is 2. The Morgan fingerprint density at radius 1 is 1.21 bits per heavy atom. The van der Waals surface area contributed by atoms with Gasteiger partial charge in [0, 0.05) is 16.2 Å². The third kappa shape index (κ3) is 2.40. The number of aliphatic hydroxyl groups is 1. The van der Waals surface area contributed by atoms with Gasteiger partial charge >= 0.3 is 0 Å². The highest BCUT2D eigenvalue weighted by Crippen LogP contribution is 2.41. The van der Waals surface area contributed by atoms with Crippen LogP contribution in [0, 0.1) is 5.82 Å². The van der Waals surface area contributed by atoms with E-state index in [-0.39, 0.29) is 5.82 Å². The molecule has 19 heavy (non-hydrogen) atoms. The summed E-state index contributed by atoms with van der Waals surface area (Å²) in [5, 5.41) is 10.4. The van der Waals surface area contributed by atoms with Crippen LogP contribution in [0.5, 0.6) is 0 Å². The molecule has 0 bridgehead atoms. The van der Waals surface area contributed by atoms with Crippen LogP contribution in [0.15, 0.2) is 46.2 Å². The fourth-order valence-corrected chi connectivity index (χ4v) is 3.54. The van der Waals surface area contributed by atoms with Gasteiger partial charge in [0.2, 0.25) is 0 Å². The Bertz CT molecular complexity index is 624. The van der Waals surface area contributed by atoms with Crippen molar-refractivity contribution in [2.75, 3.05) is 0 Å². The van der Waals surface area contributed by atoms with Gasteiger partial charge in [0.15, 0.2) is 0 Å². The minimum Gasteiger partial charge on any atom is -0.388 e. The molecule has 98 valence electrons. The van der Waals surface area contributed by atoms with Crippen molar-refractivity contribution in [3.05, 3.63) is 58.9 Å². The number of aliphatic hydroxyl groups excluding tert-OH is 1. The molecule has 0 amide bonds. The fourth-order valence-electron chi connectivity index (χ4n) is 2.40. The summed E-state index contributed by atoms with van der Waals surface area (Å²) in [6.07, 6.45) is 0.982. The van der Waals surface area contributed by atoms with Crippen molar-refractivity contribution in [2.45, 2.75) is 35.7 Å². The SMILES string of the molecule is CCc1ccc2c(c1)C(O)Cc1ccc(F)cc1S2. The van der Waals surface area contributed by atoms with Gasteiger partial charge in [-0.25, -0.2) is 4.39 Å². The van der Waals surface area contributed by atoms with E-state index in [0.717, 1.165) is 27.3 Å². The maximum absolute atomic E-state index is 13.3. The van der Waals surface area contributed by atoms with Crippen LogP contribution >= 0.6 is 11.8 Å². The van der Waals surface area contributed by atoms with Crippen molar-refractivity contribution in [3.63, 3.8) is 0 Å². The third-order valence-corrected chi connectivity index (χ3v) is 4.70. The number of hydrogen-bond donors (Lipinski definition) is 1. The summed E-state index contributed by atoms with van der Waals surface area (Å²) in [6.45, 7) is 2.10. The first-order chi connectivity index (χ1) is 9.17. The highest BCUT2D eigenvalue weighted by atomic mass is 32.2. The van der Waals surface area contributed by atoms with Crippen molar-refractivity contribution in [1.29, 1.82) is 0 Å². The monoisotopic (exact) mass is 274 g/mol. The van der Waals surface area contributed by atoms with Gasteiger partial charge in [-0.05, 0) is 41.3 Å². The van der Waals surface area contributed by atoms with Crippen molar-refractivity contribution in [1.82, 2.24) is 0 Å². The zero-order chi connectivity index (χ0) is 13.4. The molecule has 1 atom stereocenters. The van der Waals surface area contributed by atoms with Crippen molar-refractivity contribution in [3.8, 4) is 0 Å². The Morgan fingerprint density at radius 2 is 2.05 bits per heavy atom. The highest BCUT2D eigenvalue weighted by Gasteiger charge is 2.21. The summed E-state index contributed by atoms with van der Waals surface area (Å²) in [5.41, 5.74) is 3.18. The van der Waals surface area contributed by atoms with E-state index in [2.05, 4.69) is 19.1 Å². The third-order valence-electron chi connectivity index (χ3n) is 3.50. The van der Waals surface area contributed by atoms with Crippen LogP contribution in [0.3, 0.4) is 0 Å². The van der Waals surface area contributed by atoms with Gasteiger partial charge < -0.3 is 5.11 Å². The van der Waals surface area contributed by atoms with E-state index in [1.54, 1.807) is 23.9 Å². The predicted molar refractivity (Wildman–Crippen MR) is 75.0 cm³/mol. The largest absolute Gasteiger partial charge is 0.388 e. The van der Waals surface area contributed by atoms with Crippen LogP contribution in [-0.4, -0.2) is 5.11 Å². The Balaban J connectivity index is 2.10. The Kier molecular flexibility index (Phi) is 3.33. The average molecular weight is 274 g/mol. The van der Waals surface area contributed by atoms with E-state index in [9.17, 15) is 9.50 Å². The lowest BCUT2D eigenvalue weighted by atomic mass is 9.99. The minimum absolute atomic E-state index is 0.227. The lowest BCUT2D eigenvalue weighted by Gasteiger charge is -2.12. The van der Waals surface area contributed by atoms with Crippen molar-refractivity contribution >= 4 is 11.8 Å². The molecule has 0 aliphatic carbocycles. The molecular formula is C16H15FOS. The molecule has 1 aliphatic heterocycles. The quantitative estimate of drug-likeness (QED) is 0.843. The van der Waals surface area contributed by atoms with E-state index in [1.165, 1.54) is 11.6 Å². The first-order valence-electron chi connectivity index (χ1n) is 6.44. The molecule has 3 rings (SSSR count). The summed E-state index contributed by atoms with van der Waals surface area (Å²) in [5.74, 6) is -0.227. The van der Waals surface area contributed by atoms with Gasteiger partial charge in [-0.2, -0.15) is 0 Å². The molecule has 1 N–H and O–H groups in total. The van der Waals surface area contributed by atoms with Crippen LogP contribution in [0.2, 0.25) is 0 Å². The van der Waals surface area contributed by atoms with E-state index >= 15 is 0 Å². The molecule has 0 fully saturated rings. The Labute approximate surface area is 116 Å². The van der Waals surface area contributed by atoms with E-state index in [1.807, 2.05) is 6.07 Å². The fraction of sp³-hybridized carbons (Fsp3) is 0.250. The molecule has 0 saturated carbocycles. The molecule has 1 aliphatic rings. The first-order valence-corrected chi connectivity index (χ1v) is 7.26. The number of halogens is 1. The summed E-state index contributed by atoms with van der Waals surface area (Å²) in [6, 6.07) is 10.9.